The molecule has 10 rings (SSSR count). The Labute approximate surface area is 281 Å². The molecule has 10 aromatic rings. The van der Waals surface area contributed by atoms with Crippen molar-refractivity contribution in [3.05, 3.63) is 133 Å². The van der Waals surface area contributed by atoms with Gasteiger partial charge in [-0.3, -0.25) is 0 Å². The van der Waals surface area contributed by atoms with Crippen LogP contribution in [-0.4, -0.2) is 19.9 Å². The summed E-state index contributed by atoms with van der Waals surface area (Å²) in [5, 5.41) is 5.77. The van der Waals surface area contributed by atoms with Crippen LogP contribution in [0.1, 0.15) is 0 Å². The number of benzene rings is 6. The number of thiophene rings is 2. The average Bonchev–Trinajstić information content (AvgIpc) is 3.84. The van der Waals surface area contributed by atoms with Crippen LogP contribution in [0.25, 0.3) is 95.3 Å². The van der Waals surface area contributed by atoms with Crippen molar-refractivity contribution in [2.24, 2.45) is 0 Å². The van der Waals surface area contributed by atoms with E-state index in [1.165, 1.54) is 35.6 Å². The van der Waals surface area contributed by atoms with E-state index >= 15 is 0 Å². The van der Waals surface area contributed by atoms with E-state index < -0.39 is 0 Å². The van der Waals surface area contributed by atoms with Gasteiger partial charge >= 0.3 is 0 Å². The van der Waals surface area contributed by atoms with E-state index in [1.807, 2.05) is 24.3 Å². The third kappa shape index (κ3) is 4.32. The quantitative estimate of drug-likeness (QED) is 0.189. The SMILES string of the molecule is c1ccc(-c2nc(-c3c4sc(-c5ccccc5)nc4cc4c3sc3ccccc34)nc(-c3cccc4sc5ccccc5c34)n2)cc1. The molecule has 0 amide bonds. The van der Waals surface area contributed by atoms with Gasteiger partial charge in [-0.2, -0.15) is 0 Å². The normalized spacial score (nSPS) is 11.8. The van der Waals surface area contributed by atoms with Crippen LogP contribution in [0, 0.1) is 0 Å². The zero-order chi connectivity index (χ0) is 30.9. The Hall–Kier alpha value is -5.34. The van der Waals surface area contributed by atoms with Crippen LogP contribution < -0.4 is 0 Å². The zero-order valence-electron chi connectivity index (χ0n) is 24.7. The molecule has 0 saturated carbocycles. The predicted octanol–water partition coefficient (Wildman–Crippen LogP) is 11.9. The summed E-state index contributed by atoms with van der Waals surface area (Å²) in [7, 11) is 0. The van der Waals surface area contributed by atoms with E-state index in [9.17, 15) is 0 Å². The molecule has 0 aliphatic heterocycles. The van der Waals surface area contributed by atoms with Crippen LogP contribution in [0.5, 0.6) is 0 Å². The molecule has 0 fully saturated rings. The van der Waals surface area contributed by atoms with Gasteiger partial charge in [-0.25, -0.2) is 19.9 Å². The summed E-state index contributed by atoms with van der Waals surface area (Å²) >= 11 is 5.30. The second kappa shape index (κ2) is 10.6. The standard InChI is InChI=1S/C40H22N4S3/c1-3-12-23(13-4-1)37-42-38(27-18-11-21-32-33(27)26-17-8-10-20-31(26)45-32)44-39(43-37)34-35-28(25-16-7-9-19-30(25)46-35)22-29-36(34)47-40(41-29)24-14-5-2-6-15-24/h1-22H. The number of thiazole rings is 1. The highest BCUT2D eigenvalue weighted by Gasteiger charge is 2.23. The van der Waals surface area contributed by atoms with E-state index in [4.69, 9.17) is 19.9 Å². The Kier molecular flexibility index (Phi) is 6.05. The van der Waals surface area contributed by atoms with Crippen molar-refractivity contribution in [1.82, 2.24) is 19.9 Å². The van der Waals surface area contributed by atoms with Gasteiger partial charge < -0.3 is 0 Å². The van der Waals surface area contributed by atoms with Crippen LogP contribution in [0.2, 0.25) is 0 Å². The smallest absolute Gasteiger partial charge is 0.167 e. The Balaban J connectivity index is 1.32. The lowest BCUT2D eigenvalue weighted by atomic mass is 10.0. The Morgan fingerprint density at radius 1 is 0.404 bits per heavy atom. The predicted molar refractivity (Wildman–Crippen MR) is 201 cm³/mol. The van der Waals surface area contributed by atoms with Gasteiger partial charge in [0, 0.05) is 57.0 Å². The molecule has 0 aliphatic rings. The Morgan fingerprint density at radius 2 is 1.04 bits per heavy atom. The molecule has 6 aromatic carbocycles. The number of rotatable bonds is 4. The number of fused-ring (bicyclic) bond motifs is 7. The molecule has 0 N–H and O–H groups in total. The first-order valence-electron chi connectivity index (χ1n) is 15.3. The van der Waals surface area contributed by atoms with Crippen LogP contribution in [0.4, 0.5) is 0 Å². The lowest BCUT2D eigenvalue weighted by molar-refractivity contribution is 1.08. The fourth-order valence-corrected chi connectivity index (χ4v) is 9.96. The molecule has 4 aromatic heterocycles. The molecule has 47 heavy (non-hydrogen) atoms. The van der Waals surface area contributed by atoms with Crippen LogP contribution in [0.3, 0.4) is 0 Å². The highest BCUT2D eigenvalue weighted by atomic mass is 32.1. The van der Waals surface area contributed by atoms with Crippen molar-refractivity contribution >= 4 is 84.6 Å². The van der Waals surface area contributed by atoms with Gasteiger partial charge in [0.05, 0.1) is 15.8 Å². The van der Waals surface area contributed by atoms with Gasteiger partial charge in [0.2, 0.25) is 0 Å². The molecule has 0 aliphatic carbocycles. The van der Waals surface area contributed by atoms with Gasteiger partial charge in [0.15, 0.2) is 17.5 Å². The van der Waals surface area contributed by atoms with E-state index in [0.717, 1.165) is 42.2 Å². The number of nitrogens with zero attached hydrogens (tertiary/aromatic N) is 4. The van der Waals surface area contributed by atoms with E-state index in [-0.39, 0.29) is 0 Å². The third-order valence-electron chi connectivity index (χ3n) is 8.58. The fourth-order valence-electron chi connectivity index (χ4n) is 6.44. The van der Waals surface area contributed by atoms with Gasteiger partial charge in [0.25, 0.3) is 0 Å². The maximum absolute atomic E-state index is 5.36. The number of aromatic nitrogens is 4. The molecular weight excluding hydrogens is 633 g/mol. The second-order valence-electron chi connectivity index (χ2n) is 11.4. The molecule has 0 atom stereocenters. The third-order valence-corrected chi connectivity index (χ3v) is 12.1. The second-order valence-corrected chi connectivity index (χ2v) is 14.5. The number of hydrogen-bond donors (Lipinski definition) is 0. The van der Waals surface area contributed by atoms with Crippen molar-refractivity contribution in [3.8, 4) is 44.7 Å². The molecule has 0 bridgehead atoms. The molecule has 4 heterocycles. The van der Waals surface area contributed by atoms with Gasteiger partial charge in [-0.15, -0.1) is 34.0 Å². The molecule has 0 radical (unpaired) electrons. The molecule has 220 valence electrons. The molecule has 0 saturated heterocycles. The minimum absolute atomic E-state index is 0.654. The molecule has 0 spiro atoms. The van der Waals surface area contributed by atoms with Crippen molar-refractivity contribution in [2.75, 3.05) is 0 Å². The lowest BCUT2D eigenvalue weighted by Gasteiger charge is -2.11. The minimum Gasteiger partial charge on any atom is -0.236 e. The number of hydrogen-bond acceptors (Lipinski definition) is 7. The first-order chi connectivity index (χ1) is 23.3. The summed E-state index contributed by atoms with van der Waals surface area (Å²) in [6.45, 7) is 0. The maximum atomic E-state index is 5.36. The van der Waals surface area contributed by atoms with Crippen molar-refractivity contribution in [1.29, 1.82) is 0 Å². The van der Waals surface area contributed by atoms with E-state index in [2.05, 4.69) is 109 Å². The average molecular weight is 655 g/mol. The topological polar surface area (TPSA) is 51.6 Å². The zero-order valence-corrected chi connectivity index (χ0v) is 27.2. The maximum Gasteiger partial charge on any atom is 0.167 e. The van der Waals surface area contributed by atoms with Crippen LogP contribution in [0.15, 0.2) is 133 Å². The Bertz CT molecular complexity index is 2800. The van der Waals surface area contributed by atoms with Crippen molar-refractivity contribution < 1.29 is 0 Å². The summed E-state index contributed by atoms with van der Waals surface area (Å²) in [6.07, 6.45) is 0. The largest absolute Gasteiger partial charge is 0.236 e. The van der Waals surface area contributed by atoms with Crippen molar-refractivity contribution in [2.45, 2.75) is 0 Å². The fraction of sp³-hybridized carbons (Fsp3) is 0. The first kappa shape index (κ1) is 26.8. The van der Waals surface area contributed by atoms with Crippen LogP contribution in [-0.2, 0) is 0 Å². The monoisotopic (exact) mass is 654 g/mol. The molecule has 4 nitrogen and oxygen atoms in total. The highest BCUT2D eigenvalue weighted by Crippen LogP contribution is 2.47. The minimum atomic E-state index is 0.654. The van der Waals surface area contributed by atoms with E-state index in [0.29, 0.717) is 17.5 Å². The summed E-state index contributed by atoms with van der Waals surface area (Å²) in [4.78, 5) is 21.0. The van der Waals surface area contributed by atoms with Gasteiger partial charge in [-0.1, -0.05) is 109 Å². The summed E-state index contributed by atoms with van der Waals surface area (Å²) < 4.78 is 5.95. The highest BCUT2D eigenvalue weighted by molar-refractivity contribution is 7.27. The molecular formula is C40H22N4S3. The summed E-state index contributed by atoms with van der Waals surface area (Å²) in [5.74, 6) is 1.99. The van der Waals surface area contributed by atoms with E-state index in [1.54, 1.807) is 34.0 Å². The summed E-state index contributed by atoms with van der Waals surface area (Å²) in [5.41, 5.74) is 5.03. The van der Waals surface area contributed by atoms with Crippen molar-refractivity contribution in [3.63, 3.8) is 0 Å². The molecule has 7 heteroatoms. The molecule has 0 unspecified atom stereocenters. The first-order valence-corrected chi connectivity index (χ1v) is 17.8. The Morgan fingerprint density at radius 3 is 1.85 bits per heavy atom. The summed E-state index contributed by atoms with van der Waals surface area (Å²) in [6, 6.07) is 46.5. The lowest BCUT2D eigenvalue weighted by Crippen LogP contribution is -2.00. The van der Waals surface area contributed by atoms with Gasteiger partial charge in [-0.05, 0) is 24.3 Å². The van der Waals surface area contributed by atoms with Crippen LogP contribution >= 0.6 is 34.0 Å². The van der Waals surface area contributed by atoms with Gasteiger partial charge in [0.1, 0.15) is 5.01 Å².